The highest BCUT2D eigenvalue weighted by atomic mass is 16.7. The highest BCUT2D eigenvalue weighted by Gasteiger charge is 2.22. The number of methoxy groups -OCH3 is 2. The van der Waals surface area contributed by atoms with E-state index in [2.05, 4.69) is 19.9 Å². The zero-order valence-electron chi connectivity index (χ0n) is 15.2. The van der Waals surface area contributed by atoms with Gasteiger partial charge in [-0.15, -0.1) is 20.0 Å². The lowest BCUT2D eigenvalue weighted by Crippen LogP contribution is -2.19. The Bertz CT molecular complexity index is 957. The number of hydroxylamine groups is 2. The second kappa shape index (κ2) is 7.79. The van der Waals surface area contributed by atoms with E-state index in [1.807, 2.05) is 6.07 Å². The minimum atomic E-state index is -0.632. The van der Waals surface area contributed by atoms with Crippen molar-refractivity contribution in [2.24, 2.45) is 0 Å². The lowest BCUT2D eigenvalue weighted by atomic mass is 10.1. The van der Waals surface area contributed by atoms with Gasteiger partial charge in [0.15, 0.2) is 0 Å². The molecule has 0 aliphatic carbocycles. The van der Waals surface area contributed by atoms with E-state index in [1.54, 1.807) is 38.5 Å². The molecule has 2 aromatic heterocycles. The van der Waals surface area contributed by atoms with Gasteiger partial charge in [0.05, 0.1) is 19.7 Å². The van der Waals surface area contributed by atoms with Gasteiger partial charge in [0.1, 0.15) is 11.3 Å². The fraction of sp³-hybridized carbons (Fsp3) is 0.235. The number of nitrogens with zero attached hydrogens (tertiary/aromatic N) is 5. The first-order chi connectivity index (χ1) is 13.0. The summed E-state index contributed by atoms with van der Waals surface area (Å²) in [7, 11) is 5.99. The van der Waals surface area contributed by atoms with Crippen LogP contribution < -0.4 is 14.2 Å². The molecule has 0 atom stereocenters. The first-order valence-electron chi connectivity index (χ1n) is 7.81. The number of benzene rings is 1. The van der Waals surface area contributed by atoms with Gasteiger partial charge in [-0.25, -0.2) is 4.79 Å². The third-order valence-electron chi connectivity index (χ3n) is 3.35. The molecule has 0 saturated heterocycles. The van der Waals surface area contributed by atoms with E-state index in [1.165, 1.54) is 19.3 Å². The van der Waals surface area contributed by atoms with E-state index in [0.29, 0.717) is 5.52 Å². The normalized spacial score (nSPS) is 10.7. The molecule has 3 aromatic rings. The molecule has 10 nitrogen and oxygen atoms in total. The largest absolute Gasteiger partial charge is 0.467 e. The van der Waals surface area contributed by atoms with Crippen LogP contribution in [0.5, 0.6) is 23.8 Å². The molecule has 0 aliphatic heterocycles. The van der Waals surface area contributed by atoms with Crippen molar-refractivity contribution < 1.29 is 23.8 Å². The average molecular weight is 371 g/mol. The predicted molar refractivity (Wildman–Crippen MR) is 93.9 cm³/mol. The molecule has 1 aromatic carbocycles. The summed E-state index contributed by atoms with van der Waals surface area (Å²) in [6, 6.07) is 6.88. The molecule has 3 rings (SSSR count). The third kappa shape index (κ3) is 4.01. The maximum atomic E-state index is 12.6. The van der Waals surface area contributed by atoms with Crippen LogP contribution in [0.15, 0.2) is 30.5 Å². The number of carbonyl (C=O) groups is 1. The van der Waals surface area contributed by atoms with Gasteiger partial charge in [-0.2, -0.15) is 0 Å². The van der Waals surface area contributed by atoms with E-state index >= 15 is 0 Å². The Kier molecular flexibility index (Phi) is 5.27. The fourth-order valence-corrected chi connectivity index (χ4v) is 2.27. The monoisotopic (exact) mass is 371 g/mol. The second-order valence-corrected chi connectivity index (χ2v) is 5.40. The molecule has 0 saturated carbocycles. The van der Waals surface area contributed by atoms with Crippen LogP contribution in [-0.2, 0) is 4.84 Å². The van der Waals surface area contributed by atoms with Gasteiger partial charge in [-0.1, -0.05) is 6.07 Å². The van der Waals surface area contributed by atoms with Crippen LogP contribution >= 0.6 is 0 Å². The van der Waals surface area contributed by atoms with Gasteiger partial charge in [-0.3, -0.25) is 4.98 Å². The summed E-state index contributed by atoms with van der Waals surface area (Å²) in [5.41, 5.74) is 0.565. The lowest BCUT2D eigenvalue weighted by Gasteiger charge is -2.14. The van der Waals surface area contributed by atoms with E-state index in [9.17, 15) is 4.79 Å². The summed E-state index contributed by atoms with van der Waals surface area (Å²) in [6.07, 6.45) is 1.58. The number of fused-ring (bicyclic) bond motifs is 1. The number of hydrogen-bond acceptors (Lipinski definition) is 10. The van der Waals surface area contributed by atoms with Crippen molar-refractivity contribution in [1.29, 1.82) is 0 Å². The zero-order chi connectivity index (χ0) is 19.4. The van der Waals surface area contributed by atoms with Gasteiger partial charge >= 0.3 is 24.0 Å². The molecular weight excluding hydrogens is 354 g/mol. The molecule has 0 spiro atoms. The first-order valence-corrected chi connectivity index (χ1v) is 7.81. The van der Waals surface area contributed by atoms with Gasteiger partial charge in [0.25, 0.3) is 0 Å². The zero-order valence-corrected chi connectivity index (χ0v) is 15.2. The van der Waals surface area contributed by atoms with Crippen LogP contribution in [0.4, 0.5) is 0 Å². The molecular formula is C17H17N5O5. The fourth-order valence-electron chi connectivity index (χ4n) is 2.27. The summed E-state index contributed by atoms with van der Waals surface area (Å²) >= 11 is 0. The van der Waals surface area contributed by atoms with Crippen molar-refractivity contribution in [2.75, 3.05) is 28.3 Å². The Morgan fingerprint density at radius 1 is 0.963 bits per heavy atom. The molecule has 0 radical (unpaired) electrons. The number of hydrogen-bond donors (Lipinski definition) is 0. The number of rotatable bonds is 6. The minimum absolute atomic E-state index is 0.00758. The lowest BCUT2D eigenvalue weighted by molar-refractivity contribution is -0.0713. The Morgan fingerprint density at radius 3 is 2.26 bits per heavy atom. The molecule has 0 N–H and O–H groups in total. The average Bonchev–Trinajstić information content (AvgIpc) is 2.66. The van der Waals surface area contributed by atoms with Crippen LogP contribution in [0.3, 0.4) is 0 Å². The van der Waals surface area contributed by atoms with Crippen LogP contribution in [0.2, 0.25) is 0 Å². The summed E-state index contributed by atoms with van der Waals surface area (Å²) < 4.78 is 15.7. The molecule has 0 unspecified atom stereocenters. The van der Waals surface area contributed by atoms with Crippen molar-refractivity contribution in [3.63, 3.8) is 0 Å². The molecule has 0 bridgehead atoms. The van der Waals surface area contributed by atoms with Crippen molar-refractivity contribution in [3.05, 3.63) is 36.0 Å². The molecule has 0 aliphatic rings. The van der Waals surface area contributed by atoms with Crippen LogP contribution in [-0.4, -0.2) is 59.3 Å². The Balaban J connectivity index is 2.10. The van der Waals surface area contributed by atoms with Gasteiger partial charge in [-0.05, 0) is 18.2 Å². The number of ether oxygens (including phenoxy) is 3. The molecule has 140 valence electrons. The van der Waals surface area contributed by atoms with Crippen molar-refractivity contribution >= 4 is 16.9 Å². The van der Waals surface area contributed by atoms with Crippen LogP contribution in [0.25, 0.3) is 10.9 Å². The maximum Gasteiger partial charge on any atom is 0.363 e. The molecule has 0 fully saturated rings. The first kappa shape index (κ1) is 18.3. The SMILES string of the molecule is COc1nc(OC)nc(Oc2ccc3cccnc3c2C(=O)ON(C)C)n1. The molecule has 0 amide bonds. The summed E-state index contributed by atoms with van der Waals surface area (Å²) in [5.74, 6) is -0.462. The predicted octanol–water partition coefficient (Wildman–Crippen LogP) is 1.86. The number of aromatic nitrogens is 4. The maximum absolute atomic E-state index is 12.6. The Hall–Kier alpha value is -3.53. The Morgan fingerprint density at radius 2 is 1.63 bits per heavy atom. The van der Waals surface area contributed by atoms with Crippen molar-refractivity contribution in [3.8, 4) is 23.8 Å². The summed E-state index contributed by atoms with van der Waals surface area (Å²) in [5, 5.41) is 2.03. The van der Waals surface area contributed by atoms with Gasteiger partial charge in [0, 0.05) is 25.7 Å². The quantitative estimate of drug-likeness (QED) is 0.596. The topological polar surface area (TPSA) is 109 Å². The van der Waals surface area contributed by atoms with Gasteiger partial charge in [0.2, 0.25) is 0 Å². The van der Waals surface area contributed by atoms with Gasteiger partial charge < -0.3 is 19.0 Å². The van der Waals surface area contributed by atoms with E-state index in [0.717, 1.165) is 5.39 Å². The molecule has 10 heteroatoms. The van der Waals surface area contributed by atoms with E-state index < -0.39 is 5.97 Å². The van der Waals surface area contributed by atoms with Crippen molar-refractivity contribution in [2.45, 2.75) is 0 Å². The van der Waals surface area contributed by atoms with Crippen LogP contribution in [0.1, 0.15) is 10.4 Å². The molecule has 27 heavy (non-hydrogen) atoms. The summed E-state index contributed by atoms with van der Waals surface area (Å²) in [6.45, 7) is 0. The Labute approximate surface area is 154 Å². The van der Waals surface area contributed by atoms with Crippen LogP contribution in [0, 0.1) is 0 Å². The summed E-state index contributed by atoms with van der Waals surface area (Å²) in [4.78, 5) is 34.0. The number of pyridine rings is 1. The smallest absolute Gasteiger partial charge is 0.363 e. The third-order valence-corrected chi connectivity index (χ3v) is 3.35. The van der Waals surface area contributed by atoms with Crippen molar-refractivity contribution in [1.82, 2.24) is 25.0 Å². The van der Waals surface area contributed by atoms with E-state index in [-0.39, 0.29) is 29.3 Å². The highest BCUT2D eigenvalue weighted by molar-refractivity contribution is 6.05. The minimum Gasteiger partial charge on any atom is -0.467 e. The number of carbonyl (C=O) groups excluding carboxylic acids is 1. The standard InChI is InChI=1S/C17H17N5O5/c1-22(2)27-14(23)12-11(8-7-10-6-5-9-18-13(10)12)26-17-20-15(24-3)19-16(21-17)25-4/h5-9H,1-4H3. The van der Waals surface area contributed by atoms with E-state index in [4.69, 9.17) is 19.0 Å². The highest BCUT2D eigenvalue weighted by Crippen LogP contribution is 2.31. The molecule has 2 heterocycles. The second-order valence-electron chi connectivity index (χ2n) is 5.40.